The van der Waals surface area contributed by atoms with Crippen molar-refractivity contribution in [1.82, 2.24) is 4.98 Å². The molecule has 0 fully saturated rings. The maximum Gasteiger partial charge on any atom is 0.183 e. The molecule has 0 bridgehead atoms. The summed E-state index contributed by atoms with van der Waals surface area (Å²) in [5.41, 5.74) is 0.847. The van der Waals surface area contributed by atoms with E-state index in [1.807, 2.05) is 24.3 Å². The van der Waals surface area contributed by atoms with E-state index in [0.717, 1.165) is 16.1 Å². The highest BCUT2D eigenvalue weighted by atomic mass is 35.5. The van der Waals surface area contributed by atoms with E-state index in [-0.39, 0.29) is 0 Å². The topological polar surface area (TPSA) is 45.1 Å². The molecular weight excluding hydrogens is 292 g/mol. The Bertz CT molecular complexity index is 650. The fraction of sp³-hybridized carbons (Fsp3) is 0.267. The van der Waals surface area contributed by atoms with Gasteiger partial charge in [-0.3, -0.25) is 0 Å². The van der Waals surface area contributed by atoms with Gasteiger partial charge in [0.1, 0.15) is 5.60 Å². The van der Waals surface area contributed by atoms with Crippen molar-refractivity contribution < 1.29 is 5.11 Å². The van der Waals surface area contributed by atoms with Gasteiger partial charge in [0.15, 0.2) is 4.47 Å². The summed E-state index contributed by atoms with van der Waals surface area (Å²) in [4.78, 5) is 5.07. The highest BCUT2D eigenvalue weighted by Crippen LogP contribution is 2.19. The van der Waals surface area contributed by atoms with Crippen LogP contribution in [0.15, 0.2) is 30.5 Å². The van der Waals surface area contributed by atoms with Crippen LogP contribution in [-0.2, 0) is 6.54 Å². The van der Waals surface area contributed by atoms with Gasteiger partial charge in [0.2, 0.25) is 0 Å². The van der Waals surface area contributed by atoms with Gasteiger partial charge in [-0.15, -0.1) is 11.3 Å². The molecule has 0 unspecified atom stereocenters. The number of aromatic nitrogens is 1. The molecule has 0 saturated heterocycles. The Hall–Kier alpha value is -1.54. The third kappa shape index (κ3) is 4.86. The van der Waals surface area contributed by atoms with E-state index >= 15 is 0 Å². The predicted molar refractivity (Wildman–Crippen MR) is 84.1 cm³/mol. The van der Waals surface area contributed by atoms with E-state index < -0.39 is 5.60 Å². The Morgan fingerprint density at radius 1 is 1.45 bits per heavy atom. The van der Waals surface area contributed by atoms with Crippen LogP contribution in [0.3, 0.4) is 0 Å². The quantitative estimate of drug-likeness (QED) is 0.853. The zero-order chi connectivity index (χ0) is 14.6. The van der Waals surface area contributed by atoms with Crippen LogP contribution < -0.4 is 5.32 Å². The van der Waals surface area contributed by atoms with Crippen molar-refractivity contribution in [3.63, 3.8) is 0 Å². The van der Waals surface area contributed by atoms with Crippen molar-refractivity contribution in [2.45, 2.75) is 26.0 Å². The normalized spacial score (nSPS) is 10.8. The first-order valence-corrected chi connectivity index (χ1v) is 7.31. The molecule has 0 saturated carbocycles. The van der Waals surface area contributed by atoms with E-state index in [9.17, 15) is 5.11 Å². The van der Waals surface area contributed by atoms with Crippen molar-refractivity contribution in [3.05, 3.63) is 45.4 Å². The summed E-state index contributed by atoms with van der Waals surface area (Å²) < 4.78 is 0.548. The number of hydrogen-bond donors (Lipinski definition) is 2. The molecule has 1 heterocycles. The lowest BCUT2D eigenvalue weighted by molar-refractivity contribution is 0.143. The Kier molecular flexibility index (Phi) is 4.66. The molecule has 1 aromatic heterocycles. The smallest absolute Gasteiger partial charge is 0.183 e. The fourth-order valence-corrected chi connectivity index (χ4v) is 2.40. The molecule has 2 aromatic rings. The second-order valence-corrected chi connectivity index (χ2v) is 6.52. The zero-order valence-electron chi connectivity index (χ0n) is 11.3. The van der Waals surface area contributed by atoms with Gasteiger partial charge in [0, 0.05) is 22.3 Å². The SMILES string of the molecule is CC(C)(O)C#Cc1cccc(NCc2cnc(Cl)s2)c1. The maximum absolute atomic E-state index is 9.60. The maximum atomic E-state index is 9.60. The summed E-state index contributed by atoms with van der Waals surface area (Å²) in [6.07, 6.45) is 1.76. The van der Waals surface area contributed by atoms with E-state index in [1.54, 1.807) is 20.0 Å². The highest BCUT2D eigenvalue weighted by molar-refractivity contribution is 7.15. The first-order chi connectivity index (χ1) is 9.42. The van der Waals surface area contributed by atoms with E-state index in [1.165, 1.54) is 11.3 Å². The summed E-state index contributed by atoms with van der Waals surface area (Å²) in [7, 11) is 0. The van der Waals surface area contributed by atoms with Crippen molar-refractivity contribution in [2.75, 3.05) is 5.32 Å². The molecule has 0 atom stereocenters. The minimum atomic E-state index is -0.983. The number of nitrogens with zero attached hydrogens (tertiary/aromatic N) is 1. The molecular formula is C15H15ClN2OS. The second kappa shape index (κ2) is 6.27. The number of anilines is 1. The van der Waals surface area contributed by atoms with Crippen molar-refractivity contribution >= 4 is 28.6 Å². The number of hydrogen-bond acceptors (Lipinski definition) is 4. The van der Waals surface area contributed by atoms with Crippen LogP contribution >= 0.6 is 22.9 Å². The first-order valence-electron chi connectivity index (χ1n) is 6.12. The van der Waals surface area contributed by atoms with E-state index in [0.29, 0.717) is 11.0 Å². The average Bonchev–Trinajstić information content (AvgIpc) is 2.80. The van der Waals surface area contributed by atoms with Crippen LogP contribution in [0, 0.1) is 11.8 Å². The molecule has 2 rings (SSSR count). The van der Waals surface area contributed by atoms with Gasteiger partial charge in [-0.25, -0.2) is 4.98 Å². The molecule has 0 radical (unpaired) electrons. The minimum absolute atomic E-state index is 0.548. The van der Waals surface area contributed by atoms with Gasteiger partial charge in [0.05, 0.1) is 6.54 Å². The van der Waals surface area contributed by atoms with Crippen molar-refractivity contribution in [3.8, 4) is 11.8 Å². The Morgan fingerprint density at radius 3 is 2.90 bits per heavy atom. The van der Waals surface area contributed by atoms with Gasteiger partial charge < -0.3 is 10.4 Å². The second-order valence-electron chi connectivity index (χ2n) is 4.82. The number of nitrogens with one attached hydrogen (secondary N) is 1. The molecule has 0 aliphatic rings. The van der Waals surface area contributed by atoms with Crippen LogP contribution in [0.1, 0.15) is 24.3 Å². The molecule has 5 heteroatoms. The number of thiazole rings is 1. The van der Waals surface area contributed by atoms with Crippen LogP contribution in [0.4, 0.5) is 5.69 Å². The molecule has 0 amide bonds. The van der Waals surface area contributed by atoms with E-state index in [2.05, 4.69) is 22.1 Å². The van der Waals surface area contributed by atoms with Crippen LogP contribution in [-0.4, -0.2) is 15.7 Å². The average molecular weight is 307 g/mol. The summed E-state index contributed by atoms with van der Waals surface area (Å²) in [6, 6.07) is 7.75. The zero-order valence-corrected chi connectivity index (χ0v) is 12.8. The lowest BCUT2D eigenvalue weighted by Crippen LogP contribution is -2.14. The van der Waals surface area contributed by atoms with Crippen molar-refractivity contribution in [1.29, 1.82) is 0 Å². The molecule has 1 aromatic carbocycles. The van der Waals surface area contributed by atoms with Gasteiger partial charge in [0.25, 0.3) is 0 Å². The third-order valence-corrected chi connectivity index (χ3v) is 3.48. The Balaban J connectivity index is 2.04. The molecule has 0 spiro atoms. The van der Waals surface area contributed by atoms with Crippen LogP contribution in [0.25, 0.3) is 0 Å². The predicted octanol–water partition coefficient (Wildman–Crippen LogP) is 3.53. The van der Waals surface area contributed by atoms with E-state index in [4.69, 9.17) is 11.6 Å². The number of rotatable bonds is 3. The molecule has 2 N–H and O–H groups in total. The standard InChI is InChI=1S/C15H15ClN2OS/c1-15(2,19)7-6-11-4-3-5-12(8-11)17-9-13-10-18-14(16)20-13/h3-5,8,10,17,19H,9H2,1-2H3. The first kappa shape index (κ1) is 14.9. The van der Waals surface area contributed by atoms with Crippen molar-refractivity contribution in [2.24, 2.45) is 0 Å². The monoisotopic (exact) mass is 306 g/mol. The van der Waals surface area contributed by atoms with Gasteiger partial charge in [-0.1, -0.05) is 29.5 Å². The van der Waals surface area contributed by atoms with Gasteiger partial charge in [-0.2, -0.15) is 0 Å². The Morgan fingerprint density at radius 2 is 2.25 bits per heavy atom. The molecule has 20 heavy (non-hydrogen) atoms. The number of halogens is 1. The molecule has 3 nitrogen and oxygen atoms in total. The largest absolute Gasteiger partial charge is 0.380 e. The lowest BCUT2D eigenvalue weighted by atomic mass is 10.1. The summed E-state index contributed by atoms with van der Waals surface area (Å²) >= 11 is 7.24. The number of benzene rings is 1. The van der Waals surface area contributed by atoms with Crippen LogP contribution in [0.2, 0.25) is 4.47 Å². The molecule has 0 aliphatic heterocycles. The highest BCUT2D eigenvalue weighted by Gasteiger charge is 2.05. The fourth-order valence-electron chi connectivity index (χ4n) is 1.49. The summed E-state index contributed by atoms with van der Waals surface area (Å²) in [6.45, 7) is 4.00. The van der Waals surface area contributed by atoms with Gasteiger partial charge >= 0.3 is 0 Å². The van der Waals surface area contributed by atoms with Crippen LogP contribution in [0.5, 0.6) is 0 Å². The minimum Gasteiger partial charge on any atom is -0.380 e. The molecule has 104 valence electrons. The summed E-state index contributed by atoms with van der Waals surface area (Å²) in [5, 5.41) is 12.9. The number of aliphatic hydroxyl groups is 1. The lowest BCUT2D eigenvalue weighted by Gasteiger charge is -2.07. The Labute approximate surface area is 127 Å². The third-order valence-electron chi connectivity index (χ3n) is 2.37. The summed E-state index contributed by atoms with van der Waals surface area (Å²) in [5.74, 6) is 5.75. The molecule has 0 aliphatic carbocycles. The van der Waals surface area contributed by atoms with Gasteiger partial charge in [-0.05, 0) is 32.0 Å².